The Morgan fingerprint density at radius 3 is 2.89 bits per heavy atom. The Morgan fingerprint density at radius 1 is 1.32 bits per heavy atom. The van der Waals surface area contributed by atoms with E-state index in [1.54, 1.807) is 11.0 Å². The molecule has 100 valence electrons. The van der Waals surface area contributed by atoms with Crippen LogP contribution in [0.1, 0.15) is 31.2 Å². The van der Waals surface area contributed by atoms with E-state index in [0.29, 0.717) is 0 Å². The molecule has 1 saturated carbocycles. The van der Waals surface area contributed by atoms with E-state index in [-0.39, 0.29) is 0 Å². The summed E-state index contributed by atoms with van der Waals surface area (Å²) in [5.74, 6) is 0.831. The van der Waals surface area contributed by atoms with Gasteiger partial charge < -0.3 is 5.32 Å². The lowest BCUT2D eigenvalue weighted by atomic mass is 10.1. The van der Waals surface area contributed by atoms with Gasteiger partial charge >= 0.3 is 0 Å². The second-order valence-corrected chi connectivity index (χ2v) is 5.29. The van der Waals surface area contributed by atoms with Gasteiger partial charge in [0.25, 0.3) is 0 Å². The SMILES string of the molecule is Cc1ccc(NCC2CCCC2)cc1-n1cnnn1. The zero-order valence-electron chi connectivity index (χ0n) is 11.2. The number of aromatic nitrogens is 4. The van der Waals surface area contributed by atoms with Crippen LogP contribution in [0.4, 0.5) is 5.69 Å². The van der Waals surface area contributed by atoms with Gasteiger partial charge in [0.05, 0.1) is 5.69 Å². The van der Waals surface area contributed by atoms with E-state index in [9.17, 15) is 0 Å². The Morgan fingerprint density at radius 2 is 2.16 bits per heavy atom. The fourth-order valence-electron chi connectivity index (χ4n) is 2.71. The molecule has 0 spiro atoms. The monoisotopic (exact) mass is 257 g/mol. The van der Waals surface area contributed by atoms with Crippen molar-refractivity contribution in [3.05, 3.63) is 30.1 Å². The molecule has 0 atom stereocenters. The van der Waals surface area contributed by atoms with Crippen molar-refractivity contribution >= 4 is 5.69 Å². The molecule has 5 heteroatoms. The molecule has 1 aliphatic carbocycles. The molecule has 0 unspecified atom stereocenters. The third-order valence-corrected chi connectivity index (χ3v) is 3.87. The highest BCUT2D eigenvalue weighted by molar-refractivity contribution is 5.54. The van der Waals surface area contributed by atoms with Gasteiger partial charge in [-0.15, -0.1) is 5.10 Å². The van der Waals surface area contributed by atoms with Crippen LogP contribution < -0.4 is 5.32 Å². The van der Waals surface area contributed by atoms with Crippen LogP contribution in [0.2, 0.25) is 0 Å². The predicted molar refractivity (Wildman–Crippen MR) is 74.3 cm³/mol. The first-order chi connectivity index (χ1) is 9.33. The molecule has 19 heavy (non-hydrogen) atoms. The summed E-state index contributed by atoms with van der Waals surface area (Å²) in [6, 6.07) is 6.34. The Hall–Kier alpha value is -1.91. The van der Waals surface area contributed by atoms with Crippen LogP contribution in [0, 0.1) is 12.8 Å². The van der Waals surface area contributed by atoms with Crippen molar-refractivity contribution in [1.82, 2.24) is 20.2 Å². The highest BCUT2D eigenvalue weighted by atomic mass is 15.5. The summed E-state index contributed by atoms with van der Waals surface area (Å²) in [5.41, 5.74) is 3.34. The van der Waals surface area contributed by atoms with Gasteiger partial charge in [-0.3, -0.25) is 0 Å². The van der Waals surface area contributed by atoms with E-state index in [1.165, 1.54) is 31.2 Å². The van der Waals surface area contributed by atoms with Crippen molar-refractivity contribution in [3.63, 3.8) is 0 Å². The van der Waals surface area contributed by atoms with Gasteiger partial charge in [0.15, 0.2) is 0 Å². The zero-order chi connectivity index (χ0) is 13.1. The molecule has 0 bridgehead atoms. The molecule has 1 fully saturated rings. The lowest BCUT2D eigenvalue weighted by Gasteiger charge is -2.13. The van der Waals surface area contributed by atoms with E-state index >= 15 is 0 Å². The third kappa shape index (κ3) is 2.75. The van der Waals surface area contributed by atoms with Crippen molar-refractivity contribution in [2.75, 3.05) is 11.9 Å². The number of tetrazole rings is 1. The van der Waals surface area contributed by atoms with Gasteiger partial charge in [-0.2, -0.15) is 0 Å². The lowest BCUT2D eigenvalue weighted by molar-refractivity contribution is 0.580. The average Bonchev–Trinajstić information content (AvgIpc) is 3.11. The van der Waals surface area contributed by atoms with E-state index in [2.05, 4.69) is 46.0 Å². The first-order valence-corrected chi connectivity index (χ1v) is 6.91. The topological polar surface area (TPSA) is 55.6 Å². The zero-order valence-corrected chi connectivity index (χ0v) is 11.2. The summed E-state index contributed by atoms with van der Waals surface area (Å²) in [4.78, 5) is 0. The molecule has 3 rings (SSSR count). The molecular formula is C14H19N5. The standard InChI is InChI=1S/C14H19N5/c1-11-6-7-13(15-9-12-4-2-3-5-12)8-14(11)19-10-16-17-18-19/h6-8,10,12,15H,2-5,9H2,1H3. The van der Waals surface area contributed by atoms with Crippen LogP contribution in [0.5, 0.6) is 0 Å². The molecule has 5 nitrogen and oxygen atoms in total. The number of hydrogen-bond acceptors (Lipinski definition) is 4. The summed E-state index contributed by atoms with van der Waals surface area (Å²) in [6.07, 6.45) is 7.12. The maximum absolute atomic E-state index is 3.95. The molecule has 1 aliphatic rings. The number of hydrogen-bond donors (Lipinski definition) is 1. The minimum absolute atomic E-state index is 0.831. The van der Waals surface area contributed by atoms with Crippen LogP contribution in [0.25, 0.3) is 5.69 Å². The first-order valence-electron chi connectivity index (χ1n) is 6.91. The van der Waals surface area contributed by atoms with Crippen LogP contribution in [-0.4, -0.2) is 26.8 Å². The Balaban J connectivity index is 1.73. The van der Waals surface area contributed by atoms with Crippen LogP contribution in [0.3, 0.4) is 0 Å². The molecular weight excluding hydrogens is 238 g/mol. The van der Waals surface area contributed by atoms with Crippen LogP contribution in [-0.2, 0) is 0 Å². The first kappa shape index (κ1) is 12.1. The summed E-state index contributed by atoms with van der Waals surface area (Å²) >= 11 is 0. The van der Waals surface area contributed by atoms with E-state index in [0.717, 1.165) is 23.8 Å². The Bertz CT molecular complexity index is 529. The van der Waals surface area contributed by atoms with Gasteiger partial charge in [0.1, 0.15) is 6.33 Å². The minimum atomic E-state index is 0.831. The molecule has 0 amide bonds. The molecule has 0 aliphatic heterocycles. The van der Waals surface area contributed by atoms with Crippen molar-refractivity contribution < 1.29 is 0 Å². The van der Waals surface area contributed by atoms with E-state index in [1.807, 2.05) is 0 Å². The Kier molecular flexibility index (Phi) is 3.44. The van der Waals surface area contributed by atoms with Gasteiger partial charge in [0.2, 0.25) is 0 Å². The number of nitrogens with zero attached hydrogens (tertiary/aromatic N) is 4. The van der Waals surface area contributed by atoms with Gasteiger partial charge in [-0.1, -0.05) is 18.9 Å². The quantitative estimate of drug-likeness (QED) is 0.914. The number of benzene rings is 1. The third-order valence-electron chi connectivity index (χ3n) is 3.87. The average molecular weight is 257 g/mol. The highest BCUT2D eigenvalue weighted by Crippen LogP contribution is 2.25. The Labute approximate surface area is 113 Å². The van der Waals surface area contributed by atoms with Crippen molar-refractivity contribution in [3.8, 4) is 5.69 Å². The van der Waals surface area contributed by atoms with Crippen molar-refractivity contribution in [2.45, 2.75) is 32.6 Å². The van der Waals surface area contributed by atoms with Crippen molar-refractivity contribution in [2.24, 2.45) is 5.92 Å². The second-order valence-electron chi connectivity index (χ2n) is 5.29. The second kappa shape index (κ2) is 5.38. The molecule has 1 aromatic carbocycles. The summed E-state index contributed by atoms with van der Waals surface area (Å²) in [6.45, 7) is 3.13. The largest absolute Gasteiger partial charge is 0.385 e. The van der Waals surface area contributed by atoms with Crippen molar-refractivity contribution in [1.29, 1.82) is 0 Å². The summed E-state index contributed by atoms with van der Waals surface area (Å²) in [7, 11) is 0. The van der Waals surface area contributed by atoms with Gasteiger partial charge in [-0.25, -0.2) is 4.68 Å². The molecule has 0 radical (unpaired) electrons. The lowest BCUT2D eigenvalue weighted by Crippen LogP contribution is -2.11. The van der Waals surface area contributed by atoms with E-state index < -0.39 is 0 Å². The highest BCUT2D eigenvalue weighted by Gasteiger charge is 2.14. The summed E-state index contributed by atoms with van der Waals surface area (Å²) in [5, 5.41) is 14.9. The number of aryl methyl sites for hydroxylation is 1. The fourth-order valence-corrected chi connectivity index (χ4v) is 2.71. The smallest absolute Gasteiger partial charge is 0.143 e. The molecule has 1 heterocycles. The molecule has 2 aromatic rings. The fraction of sp³-hybridized carbons (Fsp3) is 0.500. The van der Waals surface area contributed by atoms with E-state index in [4.69, 9.17) is 0 Å². The van der Waals surface area contributed by atoms with Crippen LogP contribution in [0.15, 0.2) is 24.5 Å². The number of anilines is 1. The molecule has 1 aromatic heterocycles. The molecule has 1 N–H and O–H groups in total. The van der Waals surface area contributed by atoms with Gasteiger partial charge in [0, 0.05) is 12.2 Å². The number of nitrogens with one attached hydrogen (secondary N) is 1. The van der Waals surface area contributed by atoms with Crippen LogP contribution >= 0.6 is 0 Å². The maximum atomic E-state index is 3.95. The number of rotatable bonds is 4. The molecule has 0 saturated heterocycles. The van der Waals surface area contributed by atoms with Gasteiger partial charge in [-0.05, 0) is 53.8 Å². The summed E-state index contributed by atoms with van der Waals surface area (Å²) < 4.78 is 1.70. The maximum Gasteiger partial charge on any atom is 0.143 e. The minimum Gasteiger partial charge on any atom is -0.385 e. The predicted octanol–water partition coefficient (Wildman–Crippen LogP) is 2.57. The normalized spacial score (nSPS) is 15.8.